The van der Waals surface area contributed by atoms with Crippen LogP contribution >= 0.6 is 24.0 Å². The molecule has 1 fully saturated rings. The molecule has 1 saturated carbocycles. The molecule has 22 heavy (non-hydrogen) atoms. The highest BCUT2D eigenvalue weighted by atomic mass is 127. The number of rotatable bonds is 7. The average molecular weight is 446 g/mol. The Labute approximate surface area is 152 Å². The summed E-state index contributed by atoms with van der Waals surface area (Å²) in [6.07, 6.45) is 5.67. The van der Waals surface area contributed by atoms with Crippen molar-refractivity contribution in [2.75, 3.05) is 25.9 Å². The Hall–Kier alpha value is -0.0900. The fraction of sp³-hybridized carbons (Fsp3) is 0.929. The molecular weight excluding hydrogens is 415 g/mol. The number of nitrogens with zero attached hydrogens (tertiary/aromatic N) is 1. The van der Waals surface area contributed by atoms with E-state index < -0.39 is 10.0 Å². The molecule has 0 radical (unpaired) electrons. The number of guanidine groups is 1. The summed E-state index contributed by atoms with van der Waals surface area (Å²) in [6.45, 7) is 5.11. The predicted octanol–water partition coefficient (Wildman–Crippen LogP) is 1.68. The molecule has 0 atom stereocenters. The van der Waals surface area contributed by atoms with Gasteiger partial charge in [-0.1, -0.05) is 6.92 Å². The van der Waals surface area contributed by atoms with Crippen LogP contribution in [0.25, 0.3) is 0 Å². The SMILES string of the molecule is CCS(=O)(=O)NCCCNC(=NC)NC1CCC(C)CC1.I. The van der Waals surface area contributed by atoms with E-state index in [2.05, 4.69) is 27.3 Å². The zero-order valence-corrected chi connectivity index (χ0v) is 17.0. The zero-order valence-electron chi connectivity index (χ0n) is 13.9. The molecule has 1 aliphatic rings. The molecule has 0 amide bonds. The highest BCUT2D eigenvalue weighted by Gasteiger charge is 2.18. The van der Waals surface area contributed by atoms with Crippen molar-refractivity contribution in [2.24, 2.45) is 10.9 Å². The van der Waals surface area contributed by atoms with Gasteiger partial charge in [-0.2, -0.15) is 0 Å². The van der Waals surface area contributed by atoms with E-state index in [9.17, 15) is 8.42 Å². The molecule has 6 nitrogen and oxygen atoms in total. The van der Waals surface area contributed by atoms with Crippen LogP contribution in [-0.4, -0.2) is 46.3 Å². The third-order valence-electron chi connectivity index (χ3n) is 3.93. The summed E-state index contributed by atoms with van der Waals surface area (Å²) in [7, 11) is -1.31. The Kier molecular flexibility index (Phi) is 11.4. The summed E-state index contributed by atoms with van der Waals surface area (Å²) >= 11 is 0. The quantitative estimate of drug-likeness (QED) is 0.241. The molecule has 132 valence electrons. The fourth-order valence-corrected chi connectivity index (χ4v) is 3.08. The van der Waals surface area contributed by atoms with Crippen LogP contribution in [0.2, 0.25) is 0 Å². The van der Waals surface area contributed by atoms with E-state index in [-0.39, 0.29) is 29.7 Å². The van der Waals surface area contributed by atoms with Gasteiger partial charge < -0.3 is 10.6 Å². The molecule has 3 N–H and O–H groups in total. The topological polar surface area (TPSA) is 82.6 Å². The van der Waals surface area contributed by atoms with Gasteiger partial charge in [0.1, 0.15) is 0 Å². The molecule has 0 unspecified atom stereocenters. The monoisotopic (exact) mass is 446 g/mol. The number of sulfonamides is 1. The van der Waals surface area contributed by atoms with Gasteiger partial charge in [-0.25, -0.2) is 13.1 Å². The highest BCUT2D eigenvalue weighted by Crippen LogP contribution is 2.23. The lowest BCUT2D eigenvalue weighted by atomic mass is 9.87. The van der Waals surface area contributed by atoms with Gasteiger partial charge in [0.25, 0.3) is 0 Å². The molecule has 0 saturated heterocycles. The third-order valence-corrected chi connectivity index (χ3v) is 5.33. The first kappa shape index (κ1) is 21.9. The van der Waals surface area contributed by atoms with Gasteiger partial charge in [-0.05, 0) is 44.9 Å². The smallest absolute Gasteiger partial charge is 0.211 e. The number of hydrogen-bond acceptors (Lipinski definition) is 3. The average Bonchev–Trinajstić information content (AvgIpc) is 2.47. The van der Waals surface area contributed by atoms with Gasteiger partial charge in [-0.15, -0.1) is 24.0 Å². The maximum Gasteiger partial charge on any atom is 0.211 e. The van der Waals surface area contributed by atoms with Crippen molar-refractivity contribution in [2.45, 2.75) is 52.0 Å². The molecule has 1 rings (SSSR count). The maximum absolute atomic E-state index is 11.3. The van der Waals surface area contributed by atoms with Crippen LogP contribution in [0.3, 0.4) is 0 Å². The summed E-state index contributed by atoms with van der Waals surface area (Å²) in [4.78, 5) is 4.22. The van der Waals surface area contributed by atoms with Crippen LogP contribution in [-0.2, 0) is 10.0 Å². The van der Waals surface area contributed by atoms with Gasteiger partial charge in [0.05, 0.1) is 5.75 Å². The lowest BCUT2D eigenvalue weighted by Crippen LogP contribution is -2.45. The zero-order chi connectivity index (χ0) is 15.7. The minimum absolute atomic E-state index is 0. The van der Waals surface area contributed by atoms with Crippen molar-refractivity contribution in [3.05, 3.63) is 0 Å². The van der Waals surface area contributed by atoms with E-state index in [0.29, 0.717) is 19.1 Å². The van der Waals surface area contributed by atoms with Crippen molar-refractivity contribution in [1.82, 2.24) is 15.4 Å². The second-order valence-electron chi connectivity index (χ2n) is 5.75. The molecule has 0 aromatic heterocycles. The van der Waals surface area contributed by atoms with Crippen molar-refractivity contribution in [3.8, 4) is 0 Å². The van der Waals surface area contributed by atoms with Gasteiger partial charge >= 0.3 is 0 Å². The summed E-state index contributed by atoms with van der Waals surface area (Å²) in [6, 6.07) is 0.506. The Morgan fingerprint density at radius 2 is 1.82 bits per heavy atom. The number of hydrogen-bond donors (Lipinski definition) is 3. The second-order valence-corrected chi connectivity index (χ2v) is 7.85. The Morgan fingerprint density at radius 3 is 2.36 bits per heavy atom. The van der Waals surface area contributed by atoms with Gasteiger partial charge in [0.2, 0.25) is 10.0 Å². The minimum Gasteiger partial charge on any atom is -0.356 e. The standard InChI is InChI=1S/C14H30N4O2S.HI/c1-4-21(19,20)17-11-5-10-16-14(15-3)18-13-8-6-12(2)7-9-13;/h12-13,17H,4-11H2,1-3H3,(H2,15,16,18);1H. The first-order chi connectivity index (χ1) is 9.96. The van der Waals surface area contributed by atoms with Crippen LogP contribution in [0.4, 0.5) is 0 Å². The number of aliphatic imine (C=N–C) groups is 1. The molecule has 1 aliphatic carbocycles. The molecule has 0 aromatic carbocycles. The molecule has 0 heterocycles. The number of halogens is 1. The second kappa shape index (κ2) is 11.4. The maximum atomic E-state index is 11.3. The minimum atomic E-state index is -3.08. The Morgan fingerprint density at radius 1 is 1.18 bits per heavy atom. The normalized spacial score (nSPS) is 22.8. The fourth-order valence-electron chi connectivity index (χ4n) is 2.42. The Balaban J connectivity index is 0.00000441. The number of nitrogens with one attached hydrogen (secondary N) is 3. The van der Waals surface area contributed by atoms with E-state index in [1.807, 2.05) is 0 Å². The third kappa shape index (κ3) is 9.14. The van der Waals surface area contributed by atoms with Gasteiger partial charge in [0, 0.05) is 26.2 Å². The van der Waals surface area contributed by atoms with Gasteiger partial charge in [-0.3, -0.25) is 4.99 Å². The summed E-state index contributed by atoms with van der Waals surface area (Å²) < 4.78 is 25.1. The van der Waals surface area contributed by atoms with Crippen LogP contribution < -0.4 is 15.4 Å². The molecule has 0 aliphatic heterocycles. The first-order valence-electron chi connectivity index (χ1n) is 7.91. The molecule has 0 aromatic rings. The van der Waals surface area contributed by atoms with Crippen LogP contribution in [0.5, 0.6) is 0 Å². The highest BCUT2D eigenvalue weighted by molar-refractivity contribution is 14.0. The molecule has 8 heteroatoms. The van der Waals surface area contributed by atoms with Crippen molar-refractivity contribution in [1.29, 1.82) is 0 Å². The molecule has 0 bridgehead atoms. The lowest BCUT2D eigenvalue weighted by molar-refractivity contribution is 0.329. The van der Waals surface area contributed by atoms with Crippen LogP contribution in [0, 0.1) is 5.92 Å². The molecular formula is C14H31IN4O2S. The summed E-state index contributed by atoms with van der Waals surface area (Å²) in [5.74, 6) is 1.78. The van der Waals surface area contributed by atoms with Gasteiger partial charge in [0.15, 0.2) is 5.96 Å². The van der Waals surface area contributed by atoms with Crippen molar-refractivity contribution < 1.29 is 8.42 Å². The van der Waals surface area contributed by atoms with E-state index in [0.717, 1.165) is 18.3 Å². The van der Waals surface area contributed by atoms with Crippen LogP contribution in [0.15, 0.2) is 4.99 Å². The predicted molar refractivity (Wildman–Crippen MR) is 103 cm³/mol. The first-order valence-corrected chi connectivity index (χ1v) is 9.56. The Bertz CT molecular complexity index is 421. The van der Waals surface area contributed by atoms with E-state index in [1.165, 1.54) is 25.7 Å². The summed E-state index contributed by atoms with van der Waals surface area (Å²) in [5.41, 5.74) is 0. The van der Waals surface area contributed by atoms with Crippen molar-refractivity contribution in [3.63, 3.8) is 0 Å². The van der Waals surface area contributed by atoms with E-state index in [1.54, 1.807) is 14.0 Å². The lowest BCUT2D eigenvalue weighted by Gasteiger charge is -2.28. The van der Waals surface area contributed by atoms with E-state index in [4.69, 9.17) is 0 Å². The summed E-state index contributed by atoms with van der Waals surface area (Å²) in [5, 5.41) is 6.68. The largest absolute Gasteiger partial charge is 0.356 e. The van der Waals surface area contributed by atoms with E-state index >= 15 is 0 Å². The molecule has 0 spiro atoms. The van der Waals surface area contributed by atoms with Crippen LogP contribution in [0.1, 0.15) is 46.0 Å². The van der Waals surface area contributed by atoms with Crippen molar-refractivity contribution >= 4 is 40.0 Å².